The third-order valence-electron chi connectivity index (χ3n) is 12.2. The van der Waals surface area contributed by atoms with E-state index < -0.39 is 180 Å². The maximum Gasteiger partial charge on any atom is 1.00 e. The van der Waals surface area contributed by atoms with Crippen molar-refractivity contribution in [3.8, 4) is 11.5 Å². The summed E-state index contributed by atoms with van der Waals surface area (Å²) in [6.45, 7) is 2.78. The van der Waals surface area contributed by atoms with Gasteiger partial charge in [-0.15, -0.1) is 20.5 Å². The number of piperazine rings is 1. The Labute approximate surface area is 726 Å². The number of aryl methyl sites for hydroxylation is 2. The van der Waals surface area contributed by atoms with Crippen molar-refractivity contribution in [2.75, 3.05) is 46.6 Å². The van der Waals surface area contributed by atoms with E-state index in [1.54, 1.807) is 0 Å². The van der Waals surface area contributed by atoms with Crippen LogP contribution in [0.25, 0.3) is 21.5 Å². The summed E-state index contributed by atoms with van der Waals surface area (Å²) in [5.74, 6) is -3.80. The molecule has 4 N–H and O–H groups in total. The number of anilines is 6. The minimum absolute atomic E-state index is 0. The summed E-state index contributed by atoms with van der Waals surface area (Å²) in [5, 5.41) is 39.7. The van der Waals surface area contributed by atoms with Gasteiger partial charge in [-0.1, -0.05) is 12.1 Å². The molecule has 0 spiro atoms. The number of hydrogen-bond donors (Lipinski definition) is 4. The number of phenols is 2. The van der Waals surface area contributed by atoms with Gasteiger partial charge in [0.2, 0.25) is 34.4 Å². The van der Waals surface area contributed by atoms with Crippen molar-refractivity contribution < 1.29 is 331 Å². The van der Waals surface area contributed by atoms with Crippen LogP contribution < -0.4 is 263 Å². The van der Waals surface area contributed by atoms with Gasteiger partial charge in [0.15, 0.2) is 11.5 Å². The number of fused-ring (bicyclic) bond motifs is 2. The monoisotopic (exact) mass is 1520 g/mol. The van der Waals surface area contributed by atoms with Crippen molar-refractivity contribution in [1.29, 1.82) is 0 Å². The number of rotatable bonds is 16. The number of halogens is 2. The summed E-state index contributed by atoms with van der Waals surface area (Å²) < 4.78 is 222. The fourth-order valence-electron chi connectivity index (χ4n) is 8.42. The predicted molar refractivity (Wildman–Crippen MR) is 290 cm³/mol. The van der Waals surface area contributed by atoms with E-state index in [1.807, 2.05) is 0 Å². The van der Waals surface area contributed by atoms with Crippen molar-refractivity contribution in [1.82, 2.24) is 29.9 Å². The van der Waals surface area contributed by atoms with E-state index in [1.165, 1.54) is 35.8 Å². The van der Waals surface area contributed by atoms with Crippen molar-refractivity contribution >= 4 is 163 Å². The Balaban J connectivity index is 0.00000368. The average molecular weight is 1520 g/mol. The molecule has 0 aliphatic carbocycles. The van der Waals surface area contributed by atoms with Gasteiger partial charge in [0.25, 0.3) is 0 Å². The van der Waals surface area contributed by atoms with Gasteiger partial charge in [0.05, 0.1) is 40.7 Å². The van der Waals surface area contributed by atoms with E-state index in [-0.39, 0.29) is 292 Å². The maximum atomic E-state index is 12.6. The van der Waals surface area contributed by atoms with Crippen LogP contribution >= 0.6 is 23.2 Å². The topological polar surface area (TPSA) is 541 Å². The van der Waals surface area contributed by atoms with E-state index in [0.29, 0.717) is 36.4 Å². The molecule has 0 saturated carbocycles. The molecule has 3 heterocycles. The van der Waals surface area contributed by atoms with E-state index in [4.69, 9.17) is 23.2 Å². The molecule has 1 aliphatic heterocycles. The molecule has 92 heavy (non-hydrogen) atoms. The normalized spacial score (nSPS) is 13.1. The zero-order valence-corrected chi connectivity index (χ0v) is 70.4. The SMILES string of the molecule is Cc1ccc(N=Nc2c(S(=O)(=O)[O-])cc3cc(S(=O)(=O)[O-])cc(Nc4nc(Cl)nc(N5CCN(c6nc(Cl)nc(Nc7cc(S(=O)(=O)[O-])cc8cc(S(=O)(=O)[O-])c(N=Nc9ccc(C)cc9S(=O)(=O)[O-])c(O)c78)n6)CC5)n4)c3c2O)c(S(=O)(=O)[O-])c1.[K+].[K+].[K+].[Na+].[Na+].[Na+]. The Morgan fingerprint density at radius 3 is 1.04 bits per heavy atom. The second kappa shape index (κ2) is 33.5. The Bertz CT molecular complexity index is 4730. The molecule has 452 valence electrons. The molecule has 0 radical (unpaired) electrons. The minimum Gasteiger partial charge on any atom is -0.744 e. The Hall–Kier alpha value is -0.191. The largest absolute Gasteiger partial charge is 1.00 e. The van der Waals surface area contributed by atoms with Gasteiger partial charge in [0.1, 0.15) is 83.5 Å². The average Bonchev–Trinajstić information content (AvgIpc) is 0.780. The van der Waals surface area contributed by atoms with Crippen molar-refractivity contribution in [3.63, 3.8) is 0 Å². The Kier molecular flexibility index (Phi) is 31.3. The van der Waals surface area contributed by atoms with Crippen molar-refractivity contribution in [2.45, 2.75) is 43.2 Å². The van der Waals surface area contributed by atoms with Crippen LogP contribution in [0.1, 0.15) is 11.1 Å². The summed E-state index contributed by atoms with van der Waals surface area (Å²) in [5.41, 5.74) is -4.09. The van der Waals surface area contributed by atoms with Gasteiger partial charge in [-0.25, -0.2) is 50.5 Å². The summed E-state index contributed by atoms with van der Waals surface area (Å²) in [7, 11) is -32.6. The molecule has 9 rings (SSSR count). The first kappa shape index (κ1) is 86.0. The van der Waals surface area contributed by atoms with E-state index in [2.05, 4.69) is 61.0 Å². The molecule has 34 nitrogen and oxygen atoms in total. The molecule has 0 unspecified atom stereocenters. The number of aromatic nitrogens is 6. The van der Waals surface area contributed by atoms with Crippen LogP contribution in [0.3, 0.4) is 0 Å². The van der Waals surface area contributed by atoms with E-state index in [0.717, 1.165) is 24.3 Å². The van der Waals surface area contributed by atoms with E-state index in [9.17, 15) is 88.0 Å². The summed E-state index contributed by atoms with van der Waals surface area (Å²) >= 11 is 12.6. The quantitative estimate of drug-likeness (QED) is 0.0396. The van der Waals surface area contributed by atoms with Crippen LogP contribution in [0.4, 0.5) is 57.9 Å². The second-order valence-electron chi connectivity index (χ2n) is 18.0. The van der Waals surface area contributed by atoms with Gasteiger partial charge >= 0.3 is 243 Å². The summed E-state index contributed by atoms with van der Waals surface area (Å²) in [6, 6.07) is 10.1. The number of aromatic hydroxyl groups is 2. The number of benzene rings is 6. The number of hydrogen-bond acceptors (Lipinski definition) is 34. The van der Waals surface area contributed by atoms with Crippen LogP contribution in [0.5, 0.6) is 11.5 Å². The molecule has 0 bridgehead atoms. The molecular formula is C44H30Cl2K3N14Na3O20S6. The molecule has 6 aromatic carbocycles. The number of nitrogens with one attached hydrogen (secondary N) is 2. The fourth-order valence-corrected chi connectivity index (χ4v) is 12.5. The first-order valence-corrected chi connectivity index (χ1v) is 32.4. The van der Waals surface area contributed by atoms with Gasteiger partial charge in [-0.3, -0.25) is 0 Å². The zero-order chi connectivity index (χ0) is 63.0. The van der Waals surface area contributed by atoms with Crippen LogP contribution in [0, 0.1) is 13.8 Å². The maximum absolute atomic E-state index is 12.6. The summed E-state index contributed by atoms with van der Waals surface area (Å²) in [4.78, 5) is 21.3. The van der Waals surface area contributed by atoms with Crippen LogP contribution in [0.15, 0.2) is 123 Å². The number of nitrogens with zero attached hydrogens (tertiary/aromatic N) is 12. The Morgan fingerprint density at radius 1 is 0.435 bits per heavy atom. The van der Waals surface area contributed by atoms with Gasteiger partial charge < -0.3 is 58.0 Å². The van der Waals surface area contributed by atoms with Crippen LogP contribution in [-0.4, -0.2) is 144 Å². The standard InChI is InChI=1S/C44H36Cl2N14O20S6.3K.3Na/c1-19-3-5-25(29(11-19)83(69,70)71)55-57-35-31(85(75,76)77)15-21-13-23(81(63,64)65)17-27(33(21)37(35)61)47-41-49-39(45)51-43(53-41)59-7-9-60(10-8-59)44-52-40(46)50-42(54-44)48-28-18-24(82(66,67)68)14-22-16-32(86(78,79)80)36(38(62)34(22)28)58-56-26-6-4-20(2)12-30(26)84(72,73)74;;;;;;/h3-6,11-18,61-62H,7-10H2,1-2H3,(H,63,64,65)(H,66,67,68)(H,69,70,71)(H,72,73,74)(H,75,76,77)(H,78,79,80)(H,47,49,51,53)(H,48,50,52,54);;;;;;/q;6*+1/p-6. The molecule has 2 aromatic heterocycles. The zero-order valence-electron chi connectivity index (χ0n) is 48.6. The van der Waals surface area contributed by atoms with Crippen molar-refractivity contribution in [3.05, 3.63) is 94.5 Å². The molecule has 0 amide bonds. The van der Waals surface area contributed by atoms with Crippen molar-refractivity contribution in [2.24, 2.45) is 20.5 Å². The predicted octanol–water partition coefficient (Wildman–Crippen LogP) is -13.2. The third kappa shape index (κ3) is 20.5. The molecular weight excluding hydrogens is 1490 g/mol. The summed E-state index contributed by atoms with van der Waals surface area (Å²) in [6.07, 6.45) is 0. The number of phenolic OH excluding ortho intramolecular Hbond substituents is 2. The molecule has 0 atom stereocenters. The molecule has 1 fully saturated rings. The van der Waals surface area contributed by atoms with Gasteiger partial charge in [0, 0.05) is 37.0 Å². The first-order chi connectivity index (χ1) is 39.8. The smallest absolute Gasteiger partial charge is 0.744 e. The fraction of sp³-hybridized carbons (Fsp3) is 0.136. The van der Waals surface area contributed by atoms with Crippen LogP contribution in [0.2, 0.25) is 10.6 Å². The van der Waals surface area contributed by atoms with E-state index >= 15 is 0 Å². The molecule has 48 heteroatoms. The molecule has 1 saturated heterocycles. The third-order valence-corrected chi connectivity index (χ3v) is 17.6. The first-order valence-electron chi connectivity index (χ1n) is 23.2. The van der Waals surface area contributed by atoms with Gasteiger partial charge in [-0.05, 0) is 120 Å². The Morgan fingerprint density at radius 2 is 0.750 bits per heavy atom. The minimum atomic E-state index is -5.67. The molecule has 8 aromatic rings. The second-order valence-corrected chi connectivity index (χ2v) is 26.9. The molecule has 1 aliphatic rings. The van der Waals surface area contributed by atoms with Crippen LogP contribution in [-0.2, 0) is 60.7 Å². The number of azo groups is 2. The van der Waals surface area contributed by atoms with Gasteiger partial charge in [-0.2, -0.15) is 29.9 Å².